The minimum Gasteiger partial charge on any atom is -0.504 e. The third-order valence-corrected chi connectivity index (χ3v) is 3.13. The van der Waals surface area contributed by atoms with Gasteiger partial charge in [0.1, 0.15) is 0 Å². The highest BCUT2D eigenvalue weighted by molar-refractivity contribution is 8.14. The summed E-state index contributed by atoms with van der Waals surface area (Å²) in [6, 6.07) is 4.56. The molecule has 1 aromatic carbocycles. The lowest BCUT2D eigenvalue weighted by Gasteiger charge is -2.08. The van der Waals surface area contributed by atoms with Crippen molar-refractivity contribution in [2.45, 2.75) is 0 Å². The summed E-state index contributed by atoms with van der Waals surface area (Å²) in [4.78, 5) is 15.5. The summed E-state index contributed by atoms with van der Waals surface area (Å²) in [5.74, 6) is 0.0880. The van der Waals surface area contributed by atoms with Crippen LogP contribution in [0.4, 0.5) is 5.69 Å². The maximum Gasteiger partial charge on any atom is 0.234 e. The average molecular weight is 294 g/mol. The Morgan fingerprint density at radius 2 is 2.35 bits per heavy atom. The van der Waals surface area contributed by atoms with E-state index in [4.69, 9.17) is 10.00 Å². The van der Waals surface area contributed by atoms with Crippen LogP contribution in [0.25, 0.3) is 0 Å². The molecule has 1 aromatic rings. The number of phenolic OH excluding ortho intramolecular Hbond substituents is 1. The molecule has 20 heavy (non-hydrogen) atoms. The Bertz CT molecular complexity index is 554. The molecule has 0 aliphatic carbocycles. The van der Waals surface area contributed by atoms with Gasteiger partial charge in [0.2, 0.25) is 5.91 Å². The molecule has 8 heteroatoms. The number of hydrogen-bond acceptors (Lipinski definition) is 6. The fraction of sp³-hybridized carbons (Fsp3) is 0.250. The van der Waals surface area contributed by atoms with Crippen LogP contribution in [-0.2, 0) is 4.79 Å². The van der Waals surface area contributed by atoms with Crippen molar-refractivity contribution in [1.82, 2.24) is 5.32 Å². The molecule has 0 heterocycles. The molecule has 0 saturated heterocycles. The van der Waals surface area contributed by atoms with E-state index >= 15 is 0 Å². The van der Waals surface area contributed by atoms with Crippen molar-refractivity contribution in [1.29, 1.82) is 5.26 Å². The highest BCUT2D eigenvalue weighted by atomic mass is 32.2. The quantitative estimate of drug-likeness (QED) is 0.332. The highest BCUT2D eigenvalue weighted by Crippen LogP contribution is 2.28. The second-order valence-corrected chi connectivity index (χ2v) is 4.45. The number of aliphatic imine (C=N–C) groups is 1. The van der Waals surface area contributed by atoms with Crippen LogP contribution in [0.15, 0.2) is 23.2 Å². The zero-order valence-electron chi connectivity index (χ0n) is 11.0. The summed E-state index contributed by atoms with van der Waals surface area (Å²) in [6.45, 7) is 0. The predicted molar refractivity (Wildman–Crippen MR) is 77.9 cm³/mol. The van der Waals surface area contributed by atoms with E-state index < -0.39 is 0 Å². The molecule has 1 amide bonds. The Morgan fingerprint density at radius 3 is 2.90 bits per heavy atom. The standard InChI is InChI=1S/C12H14N4O3S/c1-14-12(15-7-13)20-6-11(18)16-8-3-4-10(19-2)9(17)5-8/h3-5,17H,6H2,1-2H3,(H,14,15)(H,16,18). The number of thioether (sulfide) groups is 1. The van der Waals surface area contributed by atoms with Crippen molar-refractivity contribution >= 4 is 28.5 Å². The highest BCUT2D eigenvalue weighted by Gasteiger charge is 2.08. The minimum atomic E-state index is -0.277. The Balaban J connectivity index is 2.55. The lowest BCUT2D eigenvalue weighted by Crippen LogP contribution is -2.19. The summed E-state index contributed by atoms with van der Waals surface area (Å²) in [7, 11) is 2.96. The normalized spacial score (nSPS) is 10.6. The summed E-state index contributed by atoms with van der Waals surface area (Å²) in [6.07, 6.45) is 1.73. The van der Waals surface area contributed by atoms with Gasteiger partial charge < -0.3 is 15.2 Å². The SMILES string of the molecule is C/N=C(\NC#N)SCC(=O)Nc1ccc(OC)c(O)c1. The monoisotopic (exact) mass is 294 g/mol. The molecule has 1 rings (SSSR count). The number of amidine groups is 1. The summed E-state index contributed by atoms with van der Waals surface area (Å²) >= 11 is 1.10. The summed E-state index contributed by atoms with van der Waals surface area (Å²) in [5, 5.41) is 23.4. The lowest BCUT2D eigenvalue weighted by atomic mass is 10.3. The number of anilines is 1. The van der Waals surface area contributed by atoms with Gasteiger partial charge >= 0.3 is 0 Å². The Morgan fingerprint density at radius 1 is 1.60 bits per heavy atom. The molecular weight excluding hydrogens is 280 g/mol. The van der Waals surface area contributed by atoms with Crippen LogP contribution in [0.3, 0.4) is 0 Å². The van der Waals surface area contributed by atoms with Crippen LogP contribution in [0.5, 0.6) is 11.5 Å². The fourth-order valence-corrected chi connectivity index (χ4v) is 1.89. The van der Waals surface area contributed by atoms with Crippen molar-refractivity contribution < 1.29 is 14.6 Å². The number of carbonyl (C=O) groups excluding carboxylic acids is 1. The molecule has 0 atom stereocenters. The molecule has 0 spiro atoms. The number of hydrogen-bond donors (Lipinski definition) is 3. The van der Waals surface area contributed by atoms with Gasteiger partial charge in [-0.05, 0) is 12.1 Å². The van der Waals surface area contributed by atoms with Gasteiger partial charge in [0, 0.05) is 18.8 Å². The number of nitrogens with one attached hydrogen (secondary N) is 2. The molecule has 0 radical (unpaired) electrons. The summed E-state index contributed by atoms with van der Waals surface area (Å²) in [5.41, 5.74) is 0.456. The van der Waals surface area contributed by atoms with Crippen molar-refractivity contribution in [3.05, 3.63) is 18.2 Å². The molecule has 0 unspecified atom stereocenters. The number of amides is 1. The number of phenols is 1. The Hall–Kier alpha value is -2.40. The van der Waals surface area contributed by atoms with E-state index in [1.165, 1.54) is 20.2 Å². The number of aromatic hydroxyl groups is 1. The Labute approximate surface area is 120 Å². The molecule has 0 bridgehead atoms. The first-order valence-corrected chi connectivity index (χ1v) is 6.50. The van der Waals surface area contributed by atoms with Gasteiger partial charge in [-0.15, -0.1) is 0 Å². The molecule has 0 aliphatic heterocycles. The topological polar surface area (TPSA) is 107 Å². The zero-order chi connectivity index (χ0) is 15.0. The molecule has 0 fully saturated rings. The minimum absolute atomic E-state index is 0.0556. The molecular formula is C12H14N4O3S. The van der Waals surface area contributed by atoms with Gasteiger partial charge in [-0.1, -0.05) is 11.8 Å². The smallest absolute Gasteiger partial charge is 0.234 e. The van der Waals surface area contributed by atoms with Gasteiger partial charge in [0.15, 0.2) is 22.9 Å². The molecule has 3 N–H and O–H groups in total. The van der Waals surface area contributed by atoms with Gasteiger partial charge in [-0.2, -0.15) is 5.26 Å². The molecule has 0 aromatic heterocycles. The van der Waals surface area contributed by atoms with Gasteiger partial charge in [0.25, 0.3) is 0 Å². The van der Waals surface area contributed by atoms with E-state index in [1.807, 2.05) is 0 Å². The molecule has 0 saturated carbocycles. The van der Waals surface area contributed by atoms with Crippen molar-refractivity contribution in [2.24, 2.45) is 4.99 Å². The number of benzene rings is 1. The van der Waals surface area contributed by atoms with Crippen LogP contribution in [0.1, 0.15) is 0 Å². The largest absolute Gasteiger partial charge is 0.504 e. The van der Waals surface area contributed by atoms with Crippen LogP contribution >= 0.6 is 11.8 Å². The molecule has 0 aliphatic rings. The van der Waals surface area contributed by atoms with Gasteiger partial charge in [0.05, 0.1) is 12.9 Å². The lowest BCUT2D eigenvalue weighted by molar-refractivity contribution is -0.113. The number of carbonyl (C=O) groups is 1. The molecule has 106 valence electrons. The Kier molecular flexibility index (Phi) is 6.19. The first-order chi connectivity index (χ1) is 9.60. The van der Waals surface area contributed by atoms with Crippen molar-refractivity contribution in [3.63, 3.8) is 0 Å². The second kappa shape index (κ2) is 7.91. The number of methoxy groups -OCH3 is 1. The van der Waals surface area contributed by atoms with Crippen LogP contribution < -0.4 is 15.4 Å². The van der Waals surface area contributed by atoms with E-state index in [0.29, 0.717) is 16.6 Å². The fourth-order valence-electron chi connectivity index (χ4n) is 1.30. The van der Waals surface area contributed by atoms with Gasteiger partial charge in [-0.3, -0.25) is 15.1 Å². The third kappa shape index (κ3) is 4.70. The average Bonchev–Trinajstić information content (AvgIpc) is 2.43. The number of nitriles is 1. The van der Waals surface area contributed by atoms with Crippen LogP contribution in [0, 0.1) is 11.5 Å². The van der Waals surface area contributed by atoms with E-state index in [9.17, 15) is 9.90 Å². The maximum atomic E-state index is 11.7. The van der Waals surface area contributed by atoms with E-state index in [0.717, 1.165) is 11.8 Å². The van der Waals surface area contributed by atoms with Gasteiger partial charge in [-0.25, -0.2) is 0 Å². The second-order valence-electron chi connectivity index (χ2n) is 3.49. The number of ether oxygens (including phenoxy) is 1. The number of rotatable bonds is 4. The third-order valence-electron chi connectivity index (χ3n) is 2.17. The zero-order valence-corrected chi connectivity index (χ0v) is 11.8. The first kappa shape index (κ1) is 15.7. The van der Waals surface area contributed by atoms with Crippen LogP contribution in [0.2, 0.25) is 0 Å². The van der Waals surface area contributed by atoms with Crippen molar-refractivity contribution in [2.75, 3.05) is 25.2 Å². The van der Waals surface area contributed by atoms with E-state index in [-0.39, 0.29) is 17.4 Å². The maximum absolute atomic E-state index is 11.7. The molecule has 7 nitrogen and oxygen atoms in total. The summed E-state index contributed by atoms with van der Waals surface area (Å²) < 4.78 is 4.90. The van der Waals surface area contributed by atoms with Crippen LogP contribution in [-0.4, -0.2) is 36.1 Å². The van der Waals surface area contributed by atoms with E-state index in [1.54, 1.807) is 18.3 Å². The predicted octanol–water partition coefficient (Wildman–Crippen LogP) is 1.13. The number of nitrogens with zero attached hydrogens (tertiary/aromatic N) is 2. The van der Waals surface area contributed by atoms with E-state index in [2.05, 4.69) is 15.6 Å². The first-order valence-electron chi connectivity index (χ1n) is 5.52. The van der Waals surface area contributed by atoms with Crippen molar-refractivity contribution in [3.8, 4) is 17.7 Å².